The molecule has 0 spiro atoms. The Hall–Kier alpha value is -0.630. The maximum Gasteiger partial charge on any atom is 0.123 e. The van der Waals surface area contributed by atoms with Crippen LogP contribution in [0.1, 0.15) is 115 Å². The number of benzene rings is 1. The first-order valence-electron chi connectivity index (χ1n) is 11.0. The number of phenols is 1. The van der Waals surface area contributed by atoms with Gasteiger partial charge in [0.05, 0.1) is 0 Å². The summed E-state index contributed by atoms with van der Waals surface area (Å²) in [5, 5.41) is 11.7. The predicted molar refractivity (Wildman–Crippen MR) is 122 cm³/mol. The zero-order valence-electron chi connectivity index (χ0n) is 18.8. The maximum absolute atomic E-state index is 11.1. The minimum atomic E-state index is -0.0503. The third kappa shape index (κ3) is 5.92. The molecule has 2 rings (SSSR count). The summed E-state index contributed by atoms with van der Waals surface area (Å²) in [5.41, 5.74) is 3.58. The van der Waals surface area contributed by atoms with E-state index in [1.807, 2.05) is 0 Å². The molecule has 1 atom stereocenters. The molecule has 1 unspecified atom stereocenters. The van der Waals surface area contributed by atoms with E-state index in [0.29, 0.717) is 11.0 Å². The third-order valence-corrected chi connectivity index (χ3v) is 7.49. The zero-order valence-corrected chi connectivity index (χ0v) is 19.6. The fraction of sp³-hybridized carbons (Fsp3) is 0.760. The van der Waals surface area contributed by atoms with Gasteiger partial charge in [0.1, 0.15) is 5.75 Å². The van der Waals surface area contributed by atoms with E-state index in [1.165, 1.54) is 56.3 Å². The van der Waals surface area contributed by atoms with Crippen molar-refractivity contribution in [2.24, 2.45) is 5.92 Å². The number of thioether (sulfide) groups is 1. The smallest absolute Gasteiger partial charge is 0.123 e. The summed E-state index contributed by atoms with van der Waals surface area (Å²) in [6.45, 7) is 15.6. The molecule has 27 heavy (non-hydrogen) atoms. The molecular weight excluding hydrogens is 348 g/mol. The summed E-state index contributed by atoms with van der Waals surface area (Å²) >= 11 is 2.17. The number of hydrogen-bond acceptors (Lipinski definition) is 2. The minimum Gasteiger partial charge on any atom is -0.507 e. The van der Waals surface area contributed by atoms with Crippen molar-refractivity contribution in [1.29, 1.82) is 0 Å². The molecule has 0 saturated heterocycles. The van der Waals surface area contributed by atoms with Gasteiger partial charge in [0.25, 0.3) is 0 Å². The number of unbranched alkanes of at least 4 members (excludes halogenated alkanes) is 1. The van der Waals surface area contributed by atoms with Crippen molar-refractivity contribution in [1.82, 2.24) is 0 Å². The van der Waals surface area contributed by atoms with Gasteiger partial charge >= 0.3 is 0 Å². The number of rotatable bonds is 6. The van der Waals surface area contributed by atoms with Gasteiger partial charge in [-0.2, -0.15) is 11.8 Å². The molecule has 1 aromatic carbocycles. The standard InChI is InChI=1S/C25H42OS/c1-8-9-15-27-23(18-13-11-10-12-14-18)19-16-20(24(2,3)4)22(26)21(17-19)25(5,6)7/h16-18,23,26H,8-15H2,1-7H3. The van der Waals surface area contributed by atoms with Crippen LogP contribution in [0.3, 0.4) is 0 Å². The highest BCUT2D eigenvalue weighted by Crippen LogP contribution is 2.47. The van der Waals surface area contributed by atoms with Crippen molar-refractivity contribution in [2.75, 3.05) is 5.75 Å². The third-order valence-electron chi connectivity index (χ3n) is 5.95. The molecule has 0 heterocycles. The van der Waals surface area contributed by atoms with Crippen LogP contribution in [0.25, 0.3) is 0 Å². The largest absolute Gasteiger partial charge is 0.507 e. The first-order valence-corrected chi connectivity index (χ1v) is 12.1. The van der Waals surface area contributed by atoms with Crippen LogP contribution in [-0.4, -0.2) is 10.9 Å². The molecule has 154 valence electrons. The maximum atomic E-state index is 11.1. The van der Waals surface area contributed by atoms with Crippen molar-refractivity contribution < 1.29 is 5.11 Å². The Kier molecular flexibility index (Phi) is 7.76. The molecule has 0 radical (unpaired) electrons. The lowest BCUT2D eigenvalue weighted by Crippen LogP contribution is -2.20. The summed E-state index contributed by atoms with van der Waals surface area (Å²) < 4.78 is 0. The molecule has 1 aliphatic carbocycles. The Labute approximate surface area is 172 Å². The van der Waals surface area contributed by atoms with Crippen LogP contribution in [-0.2, 0) is 10.8 Å². The Balaban J connectivity index is 2.52. The predicted octanol–water partition coefficient (Wildman–Crippen LogP) is 8.14. The Bertz CT molecular complexity index is 565. The Morgan fingerprint density at radius 2 is 1.48 bits per heavy atom. The van der Waals surface area contributed by atoms with Gasteiger partial charge in [-0.3, -0.25) is 0 Å². The van der Waals surface area contributed by atoms with E-state index in [-0.39, 0.29) is 10.8 Å². The second-order valence-electron chi connectivity index (χ2n) is 10.5. The molecule has 1 N–H and O–H groups in total. The van der Waals surface area contributed by atoms with Crippen LogP contribution in [0.2, 0.25) is 0 Å². The lowest BCUT2D eigenvalue weighted by Gasteiger charge is -2.34. The lowest BCUT2D eigenvalue weighted by atomic mass is 9.76. The summed E-state index contributed by atoms with van der Waals surface area (Å²) in [4.78, 5) is 0. The van der Waals surface area contributed by atoms with Gasteiger partial charge < -0.3 is 5.11 Å². The van der Waals surface area contributed by atoms with Gasteiger partial charge in [0.15, 0.2) is 0 Å². The van der Waals surface area contributed by atoms with Crippen LogP contribution in [0.5, 0.6) is 5.75 Å². The van der Waals surface area contributed by atoms with Crippen molar-refractivity contribution in [3.05, 3.63) is 28.8 Å². The van der Waals surface area contributed by atoms with Crippen molar-refractivity contribution >= 4 is 11.8 Å². The summed E-state index contributed by atoms with van der Waals surface area (Å²) in [7, 11) is 0. The normalized spacial score (nSPS) is 17.9. The van der Waals surface area contributed by atoms with E-state index in [0.717, 1.165) is 17.0 Å². The van der Waals surface area contributed by atoms with Gasteiger partial charge in [-0.25, -0.2) is 0 Å². The van der Waals surface area contributed by atoms with Gasteiger partial charge in [0.2, 0.25) is 0 Å². The fourth-order valence-corrected chi connectivity index (χ4v) is 5.84. The average Bonchev–Trinajstić information content (AvgIpc) is 2.58. The summed E-state index contributed by atoms with van der Waals surface area (Å²) in [6, 6.07) is 4.67. The zero-order chi connectivity index (χ0) is 20.2. The van der Waals surface area contributed by atoms with Gasteiger partial charge in [-0.1, -0.05) is 86.3 Å². The molecule has 1 nitrogen and oxygen atoms in total. The highest BCUT2D eigenvalue weighted by molar-refractivity contribution is 7.99. The summed E-state index contributed by atoms with van der Waals surface area (Å²) in [6.07, 6.45) is 9.45. The molecule has 1 aromatic rings. The molecule has 0 bridgehead atoms. The lowest BCUT2D eigenvalue weighted by molar-refractivity contribution is 0.350. The SMILES string of the molecule is CCCCSC(c1cc(C(C)(C)C)c(O)c(C(C)(C)C)c1)C1CCCCC1. The van der Waals surface area contributed by atoms with Gasteiger partial charge in [0, 0.05) is 5.25 Å². The molecule has 0 amide bonds. The first-order chi connectivity index (χ1) is 12.6. The van der Waals surface area contributed by atoms with E-state index in [4.69, 9.17) is 0 Å². The topological polar surface area (TPSA) is 20.2 Å². The van der Waals surface area contributed by atoms with Gasteiger partial charge in [-0.05, 0) is 58.5 Å². The number of aromatic hydroxyl groups is 1. The molecule has 1 fully saturated rings. The first kappa shape index (κ1) is 22.7. The molecular formula is C25H42OS. The van der Waals surface area contributed by atoms with Crippen LogP contribution < -0.4 is 0 Å². The van der Waals surface area contributed by atoms with Crippen LogP contribution in [0.4, 0.5) is 0 Å². The molecule has 1 aliphatic rings. The minimum absolute atomic E-state index is 0.0503. The average molecular weight is 391 g/mol. The number of phenolic OH excluding ortho intramolecular Hbond substituents is 1. The Morgan fingerprint density at radius 1 is 0.963 bits per heavy atom. The fourth-order valence-electron chi connectivity index (χ4n) is 4.26. The molecule has 0 aliphatic heterocycles. The Morgan fingerprint density at radius 3 is 1.93 bits per heavy atom. The van der Waals surface area contributed by atoms with Crippen molar-refractivity contribution in [2.45, 2.75) is 109 Å². The molecule has 2 heteroatoms. The van der Waals surface area contributed by atoms with Crippen molar-refractivity contribution in [3.8, 4) is 5.75 Å². The van der Waals surface area contributed by atoms with Crippen LogP contribution in [0.15, 0.2) is 12.1 Å². The second kappa shape index (κ2) is 9.25. The summed E-state index contributed by atoms with van der Waals surface area (Å²) in [5.74, 6) is 2.54. The molecule has 1 saturated carbocycles. The second-order valence-corrected chi connectivity index (χ2v) is 11.8. The van der Waals surface area contributed by atoms with Crippen LogP contribution in [0, 0.1) is 5.92 Å². The van der Waals surface area contributed by atoms with Crippen LogP contribution >= 0.6 is 11.8 Å². The molecule has 0 aromatic heterocycles. The van der Waals surface area contributed by atoms with E-state index in [1.54, 1.807) is 0 Å². The highest BCUT2D eigenvalue weighted by Gasteiger charge is 2.31. The van der Waals surface area contributed by atoms with Gasteiger partial charge in [-0.15, -0.1) is 0 Å². The highest BCUT2D eigenvalue weighted by atomic mass is 32.2. The quantitative estimate of drug-likeness (QED) is 0.494. The monoisotopic (exact) mass is 390 g/mol. The van der Waals surface area contributed by atoms with E-state index in [2.05, 4.69) is 72.4 Å². The number of hydrogen-bond donors (Lipinski definition) is 1. The van der Waals surface area contributed by atoms with E-state index in [9.17, 15) is 5.11 Å². The van der Waals surface area contributed by atoms with E-state index >= 15 is 0 Å². The van der Waals surface area contributed by atoms with Crippen molar-refractivity contribution in [3.63, 3.8) is 0 Å². The van der Waals surface area contributed by atoms with E-state index < -0.39 is 0 Å².